The number of urea groups is 1. The van der Waals surface area contributed by atoms with Crippen LogP contribution in [-0.2, 0) is 14.3 Å². The normalized spacial score (nSPS) is 24.1. The highest BCUT2D eigenvalue weighted by Crippen LogP contribution is 2.35. The van der Waals surface area contributed by atoms with E-state index >= 15 is 0 Å². The number of nitrogens with one attached hydrogen (secondary N) is 2. The van der Waals surface area contributed by atoms with E-state index < -0.39 is 36.0 Å². The van der Waals surface area contributed by atoms with E-state index in [1.807, 2.05) is 0 Å². The average Bonchev–Trinajstić information content (AvgIpc) is 2.92. The van der Waals surface area contributed by atoms with Gasteiger partial charge in [-0.3, -0.25) is 15.0 Å². The predicted octanol–water partition coefficient (Wildman–Crippen LogP) is 1.38. The number of carbonyl (C=O) groups is 4. The van der Waals surface area contributed by atoms with Crippen molar-refractivity contribution in [2.24, 2.45) is 5.92 Å². The van der Waals surface area contributed by atoms with Gasteiger partial charge in [0.25, 0.3) is 11.8 Å². The van der Waals surface area contributed by atoms with Crippen LogP contribution in [0.3, 0.4) is 0 Å². The Morgan fingerprint density at radius 3 is 2.46 bits per heavy atom. The second kappa shape index (κ2) is 7.87. The summed E-state index contributed by atoms with van der Waals surface area (Å²) in [6, 6.07) is 5.52. The first-order valence-electron chi connectivity index (χ1n) is 9.12. The number of esters is 1. The molecule has 1 spiro atoms. The Hall–Kier alpha value is -3.10. The Kier molecular flexibility index (Phi) is 5.53. The van der Waals surface area contributed by atoms with Crippen molar-refractivity contribution in [3.8, 4) is 5.75 Å². The molecule has 2 aliphatic rings. The van der Waals surface area contributed by atoms with Gasteiger partial charge >= 0.3 is 12.0 Å². The molecule has 4 amide bonds. The van der Waals surface area contributed by atoms with Crippen LogP contribution < -0.4 is 15.5 Å². The third-order valence-corrected chi connectivity index (χ3v) is 5.19. The summed E-state index contributed by atoms with van der Waals surface area (Å²) in [4.78, 5) is 48.9. The molecular formula is C19H23N3O6. The summed E-state index contributed by atoms with van der Waals surface area (Å²) in [5.74, 6) is -0.867. The lowest BCUT2D eigenvalue weighted by molar-refractivity contribution is -0.141. The third kappa shape index (κ3) is 3.92. The van der Waals surface area contributed by atoms with Crippen molar-refractivity contribution in [3.63, 3.8) is 0 Å². The van der Waals surface area contributed by atoms with Crippen molar-refractivity contribution < 1.29 is 28.7 Å². The maximum absolute atomic E-state index is 12.7. The molecule has 1 saturated heterocycles. The van der Waals surface area contributed by atoms with Crippen molar-refractivity contribution in [1.82, 2.24) is 15.8 Å². The number of carbonyl (C=O) groups excluding carboxylic acids is 4. The van der Waals surface area contributed by atoms with E-state index in [0.29, 0.717) is 29.5 Å². The second-order valence-corrected chi connectivity index (χ2v) is 7.17. The lowest BCUT2D eigenvalue weighted by Crippen LogP contribution is -2.52. The quantitative estimate of drug-likeness (QED) is 0.581. The first kappa shape index (κ1) is 19.7. The zero-order chi connectivity index (χ0) is 20.3. The molecule has 1 aromatic carbocycles. The van der Waals surface area contributed by atoms with Crippen LogP contribution in [0.5, 0.6) is 5.75 Å². The first-order valence-corrected chi connectivity index (χ1v) is 9.12. The van der Waals surface area contributed by atoms with Gasteiger partial charge in [-0.05, 0) is 55.9 Å². The number of nitrogens with zero attached hydrogens (tertiary/aromatic N) is 1. The predicted molar refractivity (Wildman–Crippen MR) is 97.2 cm³/mol. The van der Waals surface area contributed by atoms with Crippen LogP contribution in [-0.4, -0.2) is 48.1 Å². The molecule has 150 valence electrons. The molecule has 1 heterocycles. The van der Waals surface area contributed by atoms with Crippen LogP contribution in [0.15, 0.2) is 24.3 Å². The van der Waals surface area contributed by atoms with E-state index in [4.69, 9.17) is 9.47 Å². The summed E-state index contributed by atoms with van der Waals surface area (Å²) in [6.07, 6.45) is 2.73. The van der Waals surface area contributed by atoms with Crippen molar-refractivity contribution in [2.45, 2.75) is 38.1 Å². The lowest BCUT2D eigenvalue weighted by Gasteiger charge is -2.33. The molecule has 28 heavy (non-hydrogen) atoms. The second-order valence-electron chi connectivity index (χ2n) is 7.17. The minimum Gasteiger partial charge on any atom is -0.497 e. The van der Waals surface area contributed by atoms with Crippen LogP contribution in [0.2, 0.25) is 0 Å². The molecule has 0 radical (unpaired) electrons. The summed E-state index contributed by atoms with van der Waals surface area (Å²) in [7, 11) is 1.51. The Labute approximate surface area is 162 Å². The highest BCUT2D eigenvalue weighted by Gasteiger charge is 2.52. The lowest BCUT2D eigenvalue weighted by atomic mass is 9.77. The van der Waals surface area contributed by atoms with Gasteiger partial charge in [0.2, 0.25) is 0 Å². The van der Waals surface area contributed by atoms with E-state index in [1.54, 1.807) is 12.1 Å². The van der Waals surface area contributed by atoms with Gasteiger partial charge in [0.15, 0.2) is 6.61 Å². The van der Waals surface area contributed by atoms with E-state index in [0.717, 1.165) is 12.8 Å². The van der Waals surface area contributed by atoms with Crippen LogP contribution in [0.25, 0.3) is 0 Å². The summed E-state index contributed by atoms with van der Waals surface area (Å²) in [6.45, 7) is 1.48. The van der Waals surface area contributed by atoms with Gasteiger partial charge < -0.3 is 14.8 Å². The maximum Gasteiger partial charge on any atom is 0.344 e. The monoisotopic (exact) mass is 389 g/mol. The van der Waals surface area contributed by atoms with E-state index in [2.05, 4.69) is 17.7 Å². The molecule has 2 N–H and O–H groups in total. The average molecular weight is 389 g/mol. The molecule has 0 atom stereocenters. The van der Waals surface area contributed by atoms with Crippen LogP contribution in [0, 0.1) is 5.92 Å². The molecule has 0 aromatic heterocycles. The zero-order valence-corrected chi connectivity index (χ0v) is 15.8. The Bertz CT molecular complexity index is 783. The Morgan fingerprint density at radius 1 is 1.21 bits per heavy atom. The van der Waals surface area contributed by atoms with Crippen molar-refractivity contribution in [1.29, 1.82) is 0 Å². The summed E-state index contributed by atoms with van der Waals surface area (Å²) < 4.78 is 9.94. The third-order valence-electron chi connectivity index (χ3n) is 5.19. The van der Waals surface area contributed by atoms with Gasteiger partial charge in [0.05, 0.1) is 12.7 Å². The fraction of sp³-hybridized carbons (Fsp3) is 0.474. The standard InChI is InChI=1S/C19H23N3O6/c1-12-7-9-19(10-8-12)17(25)22(18(26)20-19)21-15(23)11-28-16(24)13-3-5-14(27-2)6-4-13/h3-6,12H,7-11H2,1-2H3,(H,20,26)(H,21,23). The number of benzene rings is 1. The molecule has 1 saturated carbocycles. The fourth-order valence-corrected chi connectivity index (χ4v) is 3.41. The summed E-state index contributed by atoms with van der Waals surface area (Å²) in [5.41, 5.74) is 1.52. The largest absolute Gasteiger partial charge is 0.497 e. The van der Waals surface area contributed by atoms with E-state index in [-0.39, 0.29) is 5.56 Å². The molecular weight excluding hydrogens is 366 g/mol. The highest BCUT2D eigenvalue weighted by molar-refractivity contribution is 6.08. The molecule has 9 nitrogen and oxygen atoms in total. The number of ether oxygens (including phenoxy) is 2. The fourth-order valence-electron chi connectivity index (χ4n) is 3.41. The van der Waals surface area contributed by atoms with Crippen molar-refractivity contribution in [3.05, 3.63) is 29.8 Å². The van der Waals surface area contributed by atoms with Gasteiger partial charge in [0.1, 0.15) is 11.3 Å². The number of methoxy groups -OCH3 is 1. The topological polar surface area (TPSA) is 114 Å². The molecule has 2 fully saturated rings. The molecule has 1 aliphatic carbocycles. The number of imide groups is 1. The molecule has 0 unspecified atom stereocenters. The number of hydrogen-bond acceptors (Lipinski definition) is 6. The molecule has 9 heteroatoms. The molecule has 1 aliphatic heterocycles. The van der Waals surface area contributed by atoms with E-state index in [1.165, 1.54) is 19.2 Å². The SMILES string of the molecule is COc1ccc(C(=O)OCC(=O)NN2C(=O)NC3(CCC(C)CC3)C2=O)cc1. The van der Waals surface area contributed by atoms with Gasteiger partial charge in [-0.25, -0.2) is 9.59 Å². The minimum atomic E-state index is -0.948. The minimum absolute atomic E-state index is 0.249. The zero-order valence-electron chi connectivity index (χ0n) is 15.8. The van der Waals surface area contributed by atoms with E-state index in [9.17, 15) is 19.2 Å². The number of hydrogen-bond donors (Lipinski definition) is 2. The molecule has 0 bridgehead atoms. The Balaban J connectivity index is 1.53. The highest BCUT2D eigenvalue weighted by atomic mass is 16.5. The van der Waals surface area contributed by atoms with Gasteiger partial charge in [-0.2, -0.15) is 5.01 Å². The molecule has 3 rings (SSSR count). The Morgan fingerprint density at radius 2 is 1.86 bits per heavy atom. The van der Waals surface area contributed by atoms with Gasteiger partial charge in [0, 0.05) is 0 Å². The summed E-state index contributed by atoms with van der Waals surface area (Å²) >= 11 is 0. The van der Waals surface area contributed by atoms with Gasteiger partial charge in [-0.1, -0.05) is 6.92 Å². The number of rotatable bonds is 5. The number of hydrazine groups is 1. The maximum atomic E-state index is 12.7. The first-order chi connectivity index (χ1) is 13.3. The smallest absolute Gasteiger partial charge is 0.344 e. The van der Waals surface area contributed by atoms with Crippen molar-refractivity contribution >= 4 is 23.8 Å². The van der Waals surface area contributed by atoms with Crippen LogP contribution in [0.4, 0.5) is 4.79 Å². The van der Waals surface area contributed by atoms with Gasteiger partial charge in [-0.15, -0.1) is 0 Å². The van der Waals surface area contributed by atoms with Crippen LogP contribution >= 0.6 is 0 Å². The van der Waals surface area contributed by atoms with Crippen LogP contribution in [0.1, 0.15) is 43.0 Å². The van der Waals surface area contributed by atoms with Crippen molar-refractivity contribution in [2.75, 3.05) is 13.7 Å². The summed E-state index contributed by atoms with van der Waals surface area (Å²) in [5, 5.41) is 3.38. The number of amides is 4. The molecule has 1 aromatic rings.